The molecule has 3 rings (SSSR count). The van der Waals surface area contributed by atoms with E-state index in [1.165, 1.54) is 23.0 Å². The summed E-state index contributed by atoms with van der Waals surface area (Å²) < 4.78 is 9.78. The van der Waals surface area contributed by atoms with E-state index >= 15 is 0 Å². The van der Waals surface area contributed by atoms with Crippen molar-refractivity contribution in [3.8, 4) is 11.1 Å². The Morgan fingerprint density at radius 1 is 1.04 bits per heavy atom. The van der Waals surface area contributed by atoms with E-state index in [9.17, 15) is 14.4 Å². The molecule has 1 atom stereocenters. The van der Waals surface area contributed by atoms with Crippen LogP contribution < -0.4 is 5.32 Å². The third kappa shape index (κ3) is 4.21. The van der Waals surface area contributed by atoms with Crippen molar-refractivity contribution in [1.82, 2.24) is 5.32 Å². The second-order valence-electron chi connectivity index (χ2n) is 6.02. The Morgan fingerprint density at radius 3 is 2.11 bits per heavy atom. The molecule has 7 nitrogen and oxygen atoms in total. The van der Waals surface area contributed by atoms with Gasteiger partial charge in [0.25, 0.3) is 0 Å². The van der Waals surface area contributed by atoms with Crippen LogP contribution in [0, 0.1) is 0 Å². The van der Waals surface area contributed by atoms with Gasteiger partial charge in [-0.05, 0) is 22.3 Å². The third-order valence-corrected chi connectivity index (χ3v) is 4.81. The molecule has 0 fully saturated rings. The van der Waals surface area contributed by atoms with Crippen molar-refractivity contribution < 1.29 is 27.3 Å². The molecule has 1 amide bonds. The van der Waals surface area contributed by atoms with Crippen LogP contribution in [0.1, 0.15) is 23.5 Å². The minimum Gasteiger partial charge on any atom is -0.481 e. The van der Waals surface area contributed by atoms with E-state index in [1.54, 1.807) is 0 Å². The molecule has 2 aromatic carbocycles. The largest absolute Gasteiger partial charge is 0.481 e. The number of hydrogen-bond donors (Lipinski definition) is 2. The number of carbonyl (C=O) groups is 3. The van der Waals surface area contributed by atoms with Crippen molar-refractivity contribution in [1.29, 1.82) is 0 Å². The van der Waals surface area contributed by atoms with Crippen LogP contribution in [0.2, 0.25) is 0 Å². The number of halogens is 1. The number of rotatable bonds is 6. The summed E-state index contributed by atoms with van der Waals surface area (Å²) in [6, 6.07) is 14.5. The molecule has 0 saturated heterocycles. The summed E-state index contributed by atoms with van der Waals surface area (Å²) in [5, 5.41) is 11.1. The first-order chi connectivity index (χ1) is 13.0. The Hall–Kier alpha value is -2.62. The average Bonchev–Trinajstić information content (AvgIpc) is 2.99. The summed E-state index contributed by atoms with van der Waals surface area (Å²) in [5.41, 5.74) is 4.30. The van der Waals surface area contributed by atoms with Gasteiger partial charge in [-0.3, -0.25) is 4.79 Å². The van der Waals surface area contributed by atoms with Gasteiger partial charge in [-0.15, -0.1) is 0 Å². The Labute approximate surface area is 169 Å². The van der Waals surface area contributed by atoms with Gasteiger partial charge >= 0.3 is 18.0 Å². The molecule has 0 bridgehead atoms. The first kappa shape index (κ1) is 19.2. The van der Waals surface area contributed by atoms with Crippen molar-refractivity contribution in [2.45, 2.75) is 18.4 Å². The maximum absolute atomic E-state index is 12.1. The van der Waals surface area contributed by atoms with Gasteiger partial charge < -0.3 is 18.2 Å². The molecule has 1 unspecified atom stereocenters. The van der Waals surface area contributed by atoms with Crippen LogP contribution in [0.5, 0.6) is 0 Å². The predicted octanol–water partition coefficient (Wildman–Crippen LogP) is 3.26. The summed E-state index contributed by atoms with van der Waals surface area (Å²) in [4.78, 5) is 34.6. The molecule has 8 heteroatoms. The fourth-order valence-corrected chi connectivity index (χ4v) is 3.51. The molecule has 140 valence electrons. The van der Waals surface area contributed by atoms with E-state index in [0.29, 0.717) is 0 Å². The summed E-state index contributed by atoms with van der Waals surface area (Å²) in [6.45, 7) is 0.0684. The van der Waals surface area contributed by atoms with Gasteiger partial charge in [0.15, 0.2) is 23.0 Å². The number of nitrogens with one attached hydrogen (secondary N) is 1. The fraction of sp³-hybridized carbons (Fsp3) is 0.211. The number of amides is 1. The van der Waals surface area contributed by atoms with Crippen LogP contribution in [0.3, 0.4) is 0 Å². The fourth-order valence-electron chi connectivity index (χ4n) is 3.20. The van der Waals surface area contributed by atoms with Gasteiger partial charge in [0.2, 0.25) is 0 Å². The van der Waals surface area contributed by atoms with Gasteiger partial charge in [-0.1, -0.05) is 48.5 Å². The monoisotopic (exact) mass is 481 g/mol. The Bertz CT molecular complexity index is 839. The third-order valence-electron chi connectivity index (χ3n) is 4.38. The Morgan fingerprint density at radius 2 is 1.59 bits per heavy atom. The van der Waals surface area contributed by atoms with Crippen molar-refractivity contribution in [2.24, 2.45) is 0 Å². The van der Waals surface area contributed by atoms with E-state index in [0.717, 1.165) is 22.3 Å². The van der Waals surface area contributed by atoms with E-state index < -0.39 is 30.5 Å². The van der Waals surface area contributed by atoms with E-state index in [1.807, 2.05) is 48.5 Å². The number of aliphatic carboxylic acids is 1. The number of carboxylic acids is 1. The lowest BCUT2D eigenvalue weighted by molar-refractivity contribution is -0.142. The second-order valence-corrected chi connectivity index (χ2v) is 6.46. The highest BCUT2D eigenvalue weighted by Gasteiger charge is 2.30. The minimum atomic E-state index is -1.31. The minimum absolute atomic E-state index is 0.0684. The molecule has 0 spiro atoms. The summed E-state index contributed by atoms with van der Waals surface area (Å²) >= 11 is 1.34. The second kappa shape index (κ2) is 8.38. The van der Waals surface area contributed by atoms with E-state index in [2.05, 4.69) is 8.38 Å². The number of carboxylic acid groups (broad SMARTS) is 1. The topological polar surface area (TPSA) is 102 Å². The summed E-state index contributed by atoms with van der Waals surface area (Å²) in [7, 11) is 0. The molecule has 0 aromatic heterocycles. The van der Waals surface area contributed by atoms with Crippen molar-refractivity contribution in [3.05, 3.63) is 59.7 Å². The number of carbonyl (C=O) groups excluding carboxylic acids is 2. The zero-order valence-electron chi connectivity index (χ0n) is 14.1. The quantitative estimate of drug-likeness (QED) is 0.615. The number of benzene rings is 2. The smallest absolute Gasteiger partial charge is 0.407 e. The molecule has 0 saturated carbocycles. The van der Waals surface area contributed by atoms with Gasteiger partial charge in [0.1, 0.15) is 12.6 Å². The van der Waals surface area contributed by atoms with Gasteiger partial charge in [-0.25, -0.2) is 9.59 Å². The van der Waals surface area contributed by atoms with Crippen molar-refractivity contribution >= 4 is 41.0 Å². The highest BCUT2D eigenvalue weighted by atomic mass is 127. The number of hydrogen-bond acceptors (Lipinski definition) is 5. The maximum atomic E-state index is 12.1. The molecule has 1 aliphatic carbocycles. The summed E-state index contributed by atoms with van der Waals surface area (Å²) in [5.74, 6) is -2.22. The Kier molecular flexibility index (Phi) is 5.94. The Balaban J connectivity index is 1.70. The van der Waals surface area contributed by atoms with Crippen LogP contribution in [0.4, 0.5) is 4.79 Å². The normalized spacial score (nSPS) is 13.2. The molecule has 27 heavy (non-hydrogen) atoms. The van der Waals surface area contributed by atoms with Crippen molar-refractivity contribution in [2.75, 3.05) is 6.61 Å². The number of fused-ring (bicyclic) bond motifs is 3. The highest BCUT2D eigenvalue weighted by molar-refractivity contribution is 14.1. The number of ether oxygens (including phenoxy) is 1. The van der Waals surface area contributed by atoms with Crippen LogP contribution in [0.25, 0.3) is 11.1 Å². The molecule has 0 radical (unpaired) electrons. The molecule has 2 aromatic rings. The molecular weight excluding hydrogens is 465 g/mol. The lowest BCUT2D eigenvalue weighted by Gasteiger charge is -2.17. The van der Waals surface area contributed by atoms with Crippen LogP contribution >= 0.6 is 23.0 Å². The standard InChI is InChI=1S/C19H16INO6/c20-27-18(24)16(9-17(22)23)21-19(25)26-10-15-13-7-3-1-5-11(13)12-6-2-4-8-14(12)15/h1-8,15-16H,9-10H2,(H,21,25)(H,22,23). The predicted molar refractivity (Wildman–Crippen MR) is 104 cm³/mol. The molecule has 0 aliphatic heterocycles. The zero-order valence-corrected chi connectivity index (χ0v) is 16.2. The molecular formula is C19H16INO6. The first-order valence-electron chi connectivity index (χ1n) is 8.17. The van der Waals surface area contributed by atoms with Gasteiger partial charge in [-0.2, -0.15) is 0 Å². The zero-order chi connectivity index (χ0) is 19.4. The summed E-state index contributed by atoms with van der Waals surface area (Å²) in [6.07, 6.45) is -1.46. The van der Waals surface area contributed by atoms with Crippen LogP contribution in [-0.4, -0.2) is 35.8 Å². The lowest BCUT2D eigenvalue weighted by Crippen LogP contribution is -2.43. The van der Waals surface area contributed by atoms with E-state index in [4.69, 9.17) is 9.84 Å². The van der Waals surface area contributed by atoms with Crippen LogP contribution in [0.15, 0.2) is 48.5 Å². The molecule has 0 heterocycles. The first-order valence-corrected chi connectivity index (χ1v) is 9.05. The maximum Gasteiger partial charge on any atom is 0.407 e. The average molecular weight is 481 g/mol. The van der Waals surface area contributed by atoms with Gasteiger partial charge in [0.05, 0.1) is 6.42 Å². The number of alkyl carbamates (subject to hydrolysis) is 1. The molecule has 1 aliphatic rings. The van der Waals surface area contributed by atoms with Crippen molar-refractivity contribution in [3.63, 3.8) is 0 Å². The molecule has 2 N–H and O–H groups in total. The van der Waals surface area contributed by atoms with Crippen LogP contribution in [-0.2, 0) is 17.4 Å². The SMILES string of the molecule is O=C(O)CC(NC(=O)OCC1c2ccccc2-c2ccccc21)C(=O)OI. The van der Waals surface area contributed by atoms with E-state index in [-0.39, 0.29) is 12.5 Å². The highest BCUT2D eigenvalue weighted by Crippen LogP contribution is 2.44. The van der Waals surface area contributed by atoms with Gasteiger partial charge in [0, 0.05) is 5.92 Å². The lowest BCUT2D eigenvalue weighted by atomic mass is 9.98.